The van der Waals surface area contributed by atoms with Crippen molar-refractivity contribution in [1.29, 1.82) is 0 Å². The van der Waals surface area contributed by atoms with E-state index in [2.05, 4.69) is 33.9 Å². The molecule has 0 N–H and O–H groups in total. The van der Waals surface area contributed by atoms with Gasteiger partial charge in [0.15, 0.2) is 0 Å². The zero-order valence-electron chi connectivity index (χ0n) is 7.03. The van der Waals surface area contributed by atoms with Crippen LogP contribution in [-0.2, 0) is 0 Å². The second-order valence-electron chi connectivity index (χ2n) is 4.01. The molecule has 0 aromatic rings. The van der Waals surface area contributed by atoms with Gasteiger partial charge in [-0.15, -0.1) is 11.6 Å². The van der Waals surface area contributed by atoms with E-state index in [1.165, 1.54) is 0 Å². The fourth-order valence-corrected chi connectivity index (χ4v) is 3.00. The van der Waals surface area contributed by atoms with Gasteiger partial charge >= 0.3 is 0 Å². The zero-order valence-corrected chi connectivity index (χ0v) is 8.94. The SMILES string of the molecule is C[SiH](C)C(Cl)C(C)(C)C. The molecule has 1 atom stereocenters. The van der Waals surface area contributed by atoms with Crippen LogP contribution in [0.3, 0.4) is 0 Å². The summed E-state index contributed by atoms with van der Waals surface area (Å²) in [5, 5.41) is 0.428. The van der Waals surface area contributed by atoms with E-state index in [4.69, 9.17) is 11.6 Å². The lowest BCUT2D eigenvalue weighted by molar-refractivity contribution is 0.445. The maximum atomic E-state index is 6.15. The number of hydrogen-bond acceptors (Lipinski definition) is 0. The summed E-state index contributed by atoms with van der Waals surface area (Å²) in [6, 6.07) is 0. The minimum absolute atomic E-state index is 0.307. The highest BCUT2D eigenvalue weighted by Crippen LogP contribution is 2.26. The van der Waals surface area contributed by atoms with Gasteiger partial charge in [-0.25, -0.2) is 0 Å². The first-order valence-corrected chi connectivity index (χ1v) is 6.91. The van der Waals surface area contributed by atoms with Crippen LogP contribution < -0.4 is 0 Å². The van der Waals surface area contributed by atoms with Gasteiger partial charge in [0.05, 0.1) is 8.80 Å². The molecule has 0 aliphatic rings. The van der Waals surface area contributed by atoms with Crippen molar-refractivity contribution in [3.05, 3.63) is 0 Å². The summed E-state index contributed by atoms with van der Waals surface area (Å²) in [5.74, 6) is 0. The maximum Gasteiger partial charge on any atom is 0.0525 e. The lowest BCUT2D eigenvalue weighted by atomic mass is 10.00. The third-order valence-electron chi connectivity index (χ3n) is 1.41. The molecule has 0 aliphatic carbocycles. The van der Waals surface area contributed by atoms with E-state index in [9.17, 15) is 0 Å². The lowest BCUT2D eigenvalue weighted by Gasteiger charge is -2.27. The van der Waals surface area contributed by atoms with Crippen LogP contribution in [0.1, 0.15) is 20.8 Å². The molecule has 0 aromatic heterocycles. The third-order valence-corrected chi connectivity index (χ3v) is 5.75. The molecule has 0 radical (unpaired) electrons. The smallest absolute Gasteiger partial charge is 0.0525 e. The Labute approximate surface area is 65.2 Å². The summed E-state index contributed by atoms with van der Waals surface area (Å²) < 4.78 is 0. The summed E-state index contributed by atoms with van der Waals surface area (Å²) in [5.41, 5.74) is 0.307. The van der Waals surface area contributed by atoms with Crippen molar-refractivity contribution in [2.75, 3.05) is 0 Å². The van der Waals surface area contributed by atoms with Crippen LogP contribution in [0.25, 0.3) is 0 Å². The van der Waals surface area contributed by atoms with E-state index >= 15 is 0 Å². The number of hydrogen-bond donors (Lipinski definition) is 0. The summed E-state index contributed by atoms with van der Waals surface area (Å²) in [7, 11) is -0.624. The topological polar surface area (TPSA) is 0 Å². The number of rotatable bonds is 1. The number of alkyl halides is 1. The van der Waals surface area contributed by atoms with Crippen LogP contribution in [0.15, 0.2) is 0 Å². The molecule has 0 rings (SSSR count). The predicted octanol–water partition coefficient (Wildman–Crippen LogP) is 2.67. The van der Waals surface area contributed by atoms with Gasteiger partial charge in [-0.05, 0) is 5.41 Å². The molecule has 1 unspecified atom stereocenters. The molecular weight excluding hydrogens is 148 g/mol. The van der Waals surface area contributed by atoms with Crippen LogP contribution in [0, 0.1) is 5.41 Å². The van der Waals surface area contributed by atoms with Gasteiger partial charge in [-0.2, -0.15) is 0 Å². The average Bonchev–Trinajstić information content (AvgIpc) is 1.62. The van der Waals surface area contributed by atoms with E-state index in [-0.39, 0.29) is 0 Å². The molecule has 0 fully saturated rings. The molecule has 9 heavy (non-hydrogen) atoms. The molecule has 0 amide bonds. The molecule has 0 aliphatic heterocycles. The van der Waals surface area contributed by atoms with Gasteiger partial charge in [0, 0.05) is 5.00 Å². The van der Waals surface area contributed by atoms with Crippen molar-refractivity contribution in [2.24, 2.45) is 5.41 Å². The lowest BCUT2D eigenvalue weighted by Crippen LogP contribution is -2.32. The number of halogens is 1. The van der Waals surface area contributed by atoms with Gasteiger partial charge in [0.2, 0.25) is 0 Å². The summed E-state index contributed by atoms with van der Waals surface area (Å²) in [6.45, 7) is 11.2. The fraction of sp³-hybridized carbons (Fsp3) is 1.00. The molecule has 0 saturated heterocycles. The van der Waals surface area contributed by atoms with Crippen LogP contribution in [0.5, 0.6) is 0 Å². The van der Waals surface area contributed by atoms with Gasteiger partial charge in [0.1, 0.15) is 0 Å². The van der Waals surface area contributed by atoms with E-state index < -0.39 is 8.80 Å². The second-order valence-corrected chi connectivity index (χ2v) is 8.06. The maximum absolute atomic E-state index is 6.15. The first-order valence-electron chi connectivity index (χ1n) is 3.49. The Morgan fingerprint density at radius 3 is 1.56 bits per heavy atom. The highest BCUT2D eigenvalue weighted by molar-refractivity contribution is 6.67. The van der Waals surface area contributed by atoms with Crippen LogP contribution in [-0.4, -0.2) is 13.8 Å². The molecular formula is C7H17ClSi. The molecule has 0 saturated carbocycles. The van der Waals surface area contributed by atoms with Crippen LogP contribution in [0.4, 0.5) is 0 Å². The van der Waals surface area contributed by atoms with E-state index in [0.29, 0.717) is 10.4 Å². The Morgan fingerprint density at radius 2 is 1.56 bits per heavy atom. The van der Waals surface area contributed by atoms with Crippen molar-refractivity contribution >= 4 is 20.4 Å². The first kappa shape index (κ1) is 9.51. The minimum atomic E-state index is -0.624. The van der Waals surface area contributed by atoms with E-state index in [1.54, 1.807) is 0 Å². The van der Waals surface area contributed by atoms with Gasteiger partial charge in [0.25, 0.3) is 0 Å². The first-order chi connectivity index (χ1) is 3.85. The van der Waals surface area contributed by atoms with E-state index in [1.807, 2.05) is 0 Å². The molecule has 56 valence electrons. The van der Waals surface area contributed by atoms with Crippen molar-refractivity contribution in [3.63, 3.8) is 0 Å². The largest absolute Gasteiger partial charge is 0.126 e. The Bertz CT molecular complexity index is 83.4. The van der Waals surface area contributed by atoms with E-state index in [0.717, 1.165) is 0 Å². The van der Waals surface area contributed by atoms with Gasteiger partial charge in [-0.1, -0.05) is 33.9 Å². The minimum Gasteiger partial charge on any atom is -0.126 e. The standard InChI is InChI=1S/C7H17ClSi/c1-7(2,3)6(8)9(4)5/h6,9H,1-5H3. The van der Waals surface area contributed by atoms with Gasteiger partial charge in [-0.3, -0.25) is 0 Å². The molecule has 0 nitrogen and oxygen atoms in total. The quantitative estimate of drug-likeness (QED) is 0.413. The zero-order chi connectivity index (χ0) is 7.65. The highest BCUT2D eigenvalue weighted by atomic mass is 35.5. The molecule has 0 aromatic carbocycles. The normalized spacial score (nSPS) is 16.3. The van der Waals surface area contributed by atoms with Crippen molar-refractivity contribution in [3.8, 4) is 0 Å². The fourth-order valence-electron chi connectivity index (χ4n) is 1.00. The summed E-state index contributed by atoms with van der Waals surface area (Å²) >= 11 is 6.15. The van der Waals surface area contributed by atoms with Crippen LogP contribution in [0.2, 0.25) is 13.1 Å². The Morgan fingerprint density at radius 1 is 1.22 bits per heavy atom. The second kappa shape index (κ2) is 3.06. The molecule has 0 bridgehead atoms. The van der Waals surface area contributed by atoms with Crippen molar-refractivity contribution in [2.45, 2.75) is 38.9 Å². The predicted molar refractivity (Wildman–Crippen MR) is 48.0 cm³/mol. The van der Waals surface area contributed by atoms with Crippen molar-refractivity contribution in [1.82, 2.24) is 0 Å². The monoisotopic (exact) mass is 164 g/mol. The van der Waals surface area contributed by atoms with Gasteiger partial charge < -0.3 is 0 Å². The Hall–Kier alpha value is 0.507. The Kier molecular flexibility index (Phi) is 3.24. The van der Waals surface area contributed by atoms with Crippen LogP contribution >= 0.6 is 11.6 Å². The average molecular weight is 165 g/mol. The summed E-state index contributed by atoms with van der Waals surface area (Å²) in [6.07, 6.45) is 0. The summed E-state index contributed by atoms with van der Waals surface area (Å²) in [4.78, 5) is 0. The third kappa shape index (κ3) is 3.26. The Balaban J connectivity index is 3.88. The molecule has 0 heterocycles. The molecule has 0 spiro atoms. The molecule has 2 heteroatoms. The van der Waals surface area contributed by atoms with Crippen molar-refractivity contribution < 1.29 is 0 Å². The highest BCUT2D eigenvalue weighted by Gasteiger charge is 2.25.